The Morgan fingerprint density at radius 3 is 2.37 bits per heavy atom. The standard InChI is InChI=1S/C17H26O2/c1-7-9-10-11-12-13(8-2)19-15(18)14-16(3,4)17(14,5)6/h8,13-14H,2,7,9-10H2,1,3-6H3. The van der Waals surface area contributed by atoms with Gasteiger partial charge < -0.3 is 4.74 Å². The fourth-order valence-corrected chi connectivity index (χ4v) is 2.55. The Bertz CT molecular complexity index is 393. The summed E-state index contributed by atoms with van der Waals surface area (Å²) < 4.78 is 5.44. The van der Waals surface area contributed by atoms with Gasteiger partial charge in [-0.3, -0.25) is 4.79 Å². The molecule has 0 radical (unpaired) electrons. The van der Waals surface area contributed by atoms with E-state index in [1.165, 1.54) is 0 Å². The van der Waals surface area contributed by atoms with Crippen molar-refractivity contribution in [3.8, 4) is 11.8 Å². The third kappa shape index (κ3) is 3.21. The second-order valence-corrected chi connectivity index (χ2v) is 6.39. The summed E-state index contributed by atoms with van der Waals surface area (Å²) >= 11 is 0. The summed E-state index contributed by atoms with van der Waals surface area (Å²) in [5, 5.41) is 0. The molecule has 1 rings (SSSR count). The molecule has 106 valence electrons. The minimum Gasteiger partial charge on any atom is -0.445 e. The lowest BCUT2D eigenvalue weighted by atomic mass is 10.0. The largest absolute Gasteiger partial charge is 0.445 e. The molecule has 0 aromatic carbocycles. The number of rotatable bonds is 5. The molecule has 0 bridgehead atoms. The molecular weight excluding hydrogens is 236 g/mol. The molecule has 0 aliphatic heterocycles. The van der Waals surface area contributed by atoms with E-state index < -0.39 is 6.10 Å². The van der Waals surface area contributed by atoms with Crippen molar-refractivity contribution in [1.82, 2.24) is 0 Å². The zero-order valence-electron chi connectivity index (χ0n) is 12.9. The van der Waals surface area contributed by atoms with Crippen LogP contribution in [0.3, 0.4) is 0 Å². The molecule has 1 atom stereocenters. The van der Waals surface area contributed by atoms with Crippen LogP contribution in [0.5, 0.6) is 0 Å². The first-order chi connectivity index (χ1) is 8.79. The van der Waals surface area contributed by atoms with Gasteiger partial charge in [0, 0.05) is 6.42 Å². The van der Waals surface area contributed by atoms with E-state index in [-0.39, 0.29) is 22.7 Å². The van der Waals surface area contributed by atoms with Crippen molar-refractivity contribution in [3.05, 3.63) is 12.7 Å². The highest BCUT2D eigenvalue weighted by Gasteiger charge is 2.69. The van der Waals surface area contributed by atoms with Crippen LogP contribution >= 0.6 is 0 Å². The average molecular weight is 262 g/mol. The number of hydrogen-bond acceptors (Lipinski definition) is 2. The molecule has 0 amide bonds. The van der Waals surface area contributed by atoms with Crippen molar-refractivity contribution in [1.29, 1.82) is 0 Å². The minimum absolute atomic E-state index is 0.00540. The van der Waals surface area contributed by atoms with E-state index in [1.54, 1.807) is 6.08 Å². The van der Waals surface area contributed by atoms with Gasteiger partial charge in [0.1, 0.15) is 0 Å². The van der Waals surface area contributed by atoms with Gasteiger partial charge in [0.2, 0.25) is 0 Å². The van der Waals surface area contributed by atoms with Gasteiger partial charge >= 0.3 is 5.97 Å². The second-order valence-electron chi connectivity index (χ2n) is 6.39. The quantitative estimate of drug-likeness (QED) is 0.324. The summed E-state index contributed by atoms with van der Waals surface area (Å²) in [6, 6.07) is 0. The normalized spacial score (nSPS) is 20.9. The van der Waals surface area contributed by atoms with Gasteiger partial charge in [-0.05, 0) is 23.3 Å². The van der Waals surface area contributed by atoms with Crippen LogP contribution in [-0.2, 0) is 9.53 Å². The van der Waals surface area contributed by atoms with Crippen molar-refractivity contribution >= 4 is 5.97 Å². The second kappa shape index (κ2) is 5.82. The molecule has 1 fully saturated rings. The molecule has 0 N–H and O–H groups in total. The van der Waals surface area contributed by atoms with Gasteiger partial charge in [-0.25, -0.2) is 0 Å². The molecule has 2 nitrogen and oxygen atoms in total. The van der Waals surface area contributed by atoms with Gasteiger partial charge in [0.05, 0.1) is 5.92 Å². The Hall–Kier alpha value is -1.23. The Balaban J connectivity index is 2.55. The summed E-state index contributed by atoms with van der Waals surface area (Å²) in [6.07, 6.45) is 4.17. The molecule has 0 spiro atoms. The first kappa shape index (κ1) is 15.8. The van der Waals surface area contributed by atoms with E-state index in [0.29, 0.717) is 0 Å². The Morgan fingerprint density at radius 1 is 1.37 bits per heavy atom. The molecule has 1 aliphatic carbocycles. The lowest BCUT2D eigenvalue weighted by Gasteiger charge is -2.09. The van der Waals surface area contributed by atoms with E-state index in [0.717, 1.165) is 19.3 Å². The fourth-order valence-electron chi connectivity index (χ4n) is 2.55. The van der Waals surface area contributed by atoms with Crippen LogP contribution < -0.4 is 0 Å². The van der Waals surface area contributed by atoms with E-state index in [4.69, 9.17) is 4.74 Å². The van der Waals surface area contributed by atoms with Gasteiger partial charge in [0.15, 0.2) is 6.10 Å². The summed E-state index contributed by atoms with van der Waals surface area (Å²) in [6.45, 7) is 14.2. The molecular formula is C17H26O2. The lowest BCUT2D eigenvalue weighted by Crippen LogP contribution is -2.18. The van der Waals surface area contributed by atoms with Crippen LogP contribution in [0.1, 0.15) is 53.9 Å². The smallest absolute Gasteiger partial charge is 0.311 e. The van der Waals surface area contributed by atoms with Gasteiger partial charge in [-0.15, -0.1) is 0 Å². The number of carbonyl (C=O) groups is 1. The zero-order chi connectivity index (χ0) is 14.7. The highest BCUT2D eigenvalue weighted by atomic mass is 16.5. The number of ether oxygens (including phenoxy) is 1. The Kier molecular flexibility index (Phi) is 4.85. The van der Waals surface area contributed by atoms with Crippen molar-refractivity contribution in [2.75, 3.05) is 0 Å². The average Bonchev–Trinajstić information content (AvgIpc) is 2.73. The highest BCUT2D eigenvalue weighted by molar-refractivity contribution is 5.79. The highest BCUT2D eigenvalue weighted by Crippen LogP contribution is 2.68. The number of esters is 1. The molecule has 0 saturated heterocycles. The monoisotopic (exact) mass is 262 g/mol. The van der Waals surface area contributed by atoms with Crippen molar-refractivity contribution in [3.63, 3.8) is 0 Å². The first-order valence-electron chi connectivity index (χ1n) is 7.10. The van der Waals surface area contributed by atoms with Crippen LogP contribution in [0.25, 0.3) is 0 Å². The fraction of sp³-hybridized carbons (Fsp3) is 0.706. The predicted molar refractivity (Wildman–Crippen MR) is 78.4 cm³/mol. The Labute approximate surface area is 117 Å². The molecule has 1 aliphatic rings. The van der Waals surface area contributed by atoms with Crippen LogP contribution in [0.4, 0.5) is 0 Å². The third-order valence-corrected chi connectivity index (χ3v) is 4.61. The van der Waals surface area contributed by atoms with Crippen molar-refractivity contribution < 1.29 is 9.53 Å². The number of carbonyl (C=O) groups excluding carboxylic acids is 1. The number of unbranched alkanes of at least 4 members (excludes halogenated alkanes) is 2. The molecule has 2 heteroatoms. The SMILES string of the molecule is C=CC(C#CCCCC)OC(=O)C1C(C)(C)C1(C)C. The number of hydrogen-bond donors (Lipinski definition) is 0. The predicted octanol–water partition coefficient (Wildman–Crippen LogP) is 3.96. The van der Waals surface area contributed by atoms with Crippen molar-refractivity contribution in [2.24, 2.45) is 16.7 Å². The maximum Gasteiger partial charge on any atom is 0.311 e. The summed E-state index contributed by atoms with van der Waals surface area (Å²) in [7, 11) is 0. The van der Waals surface area contributed by atoms with Gasteiger partial charge in [-0.1, -0.05) is 59.5 Å². The first-order valence-corrected chi connectivity index (χ1v) is 7.10. The van der Waals surface area contributed by atoms with Gasteiger partial charge in [-0.2, -0.15) is 0 Å². The van der Waals surface area contributed by atoms with E-state index >= 15 is 0 Å². The van der Waals surface area contributed by atoms with E-state index in [2.05, 4.69) is 53.0 Å². The summed E-state index contributed by atoms with van der Waals surface area (Å²) in [5.41, 5.74) is 0.0108. The molecule has 19 heavy (non-hydrogen) atoms. The maximum absolute atomic E-state index is 12.2. The molecule has 0 heterocycles. The van der Waals surface area contributed by atoms with E-state index in [9.17, 15) is 4.79 Å². The molecule has 1 saturated carbocycles. The van der Waals surface area contributed by atoms with Gasteiger partial charge in [0.25, 0.3) is 0 Å². The van der Waals surface area contributed by atoms with Crippen molar-refractivity contribution in [2.45, 2.75) is 60.0 Å². The molecule has 1 unspecified atom stereocenters. The lowest BCUT2D eigenvalue weighted by molar-refractivity contribution is -0.147. The maximum atomic E-state index is 12.2. The van der Waals surface area contributed by atoms with Crippen LogP contribution in [0.15, 0.2) is 12.7 Å². The summed E-state index contributed by atoms with van der Waals surface area (Å²) in [5.74, 6) is 5.82. The van der Waals surface area contributed by atoms with Crippen LogP contribution in [0, 0.1) is 28.6 Å². The third-order valence-electron chi connectivity index (χ3n) is 4.61. The van der Waals surface area contributed by atoms with Crippen LogP contribution in [0.2, 0.25) is 0 Å². The molecule has 0 aromatic rings. The summed E-state index contributed by atoms with van der Waals surface area (Å²) in [4.78, 5) is 12.2. The molecule has 0 aromatic heterocycles. The topological polar surface area (TPSA) is 26.3 Å². The zero-order valence-corrected chi connectivity index (χ0v) is 12.9. The minimum atomic E-state index is -0.475. The Morgan fingerprint density at radius 2 is 1.95 bits per heavy atom. The van der Waals surface area contributed by atoms with E-state index in [1.807, 2.05) is 0 Å². The van der Waals surface area contributed by atoms with Crippen LogP contribution in [-0.4, -0.2) is 12.1 Å².